The molecule has 0 spiro atoms. The molecule has 0 aromatic heterocycles. The number of hydrogen-bond donors (Lipinski definition) is 6. The quantitative estimate of drug-likeness (QED) is 0.0565. The first-order valence-corrected chi connectivity index (χ1v) is 16.9. The highest BCUT2D eigenvalue weighted by Crippen LogP contribution is 2.34. The van der Waals surface area contributed by atoms with Gasteiger partial charge < -0.3 is 45.6 Å². The molecular weight excluding hydrogens is 654 g/mol. The number of amides is 2. The van der Waals surface area contributed by atoms with Gasteiger partial charge in [0.15, 0.2) is 0 Å². The maximum absolute atomic E-state index is 12.8. The number of nitrogens with one attached hydrogen (secondary N) is 2. The Morgan fingerprint density at radius 3 is 2.43 bits per heavy atom. The summed E-state index contributed by atoms with van der Waals surface area (Å²) in [4.78, 5) is 41.1. The number of carbonyl (C=O) groups excluding carboxylic acids is 2. The summed E-state index contributed by atoms with van der Waals surface area (Å²) in [5, 5.41) is 59.9. The van der Waals surface area contributed by atoms with Gasteiger partial charge in [-0.15, -0.1) is 0 Å². The summed E-state index contributed by atoms with van der Waals surface area (Å²) < 4.78 is 11.4. The van der Waals surface area contributed by atoms with Gasteiger partial charge in [0.05, 0.1) is 24.9 Å². The monoisotopic (exact) mass is 698 g/mol. The van der Waals surface area contributed by atoms with Crippen LogP contribution in [-0.2, 0) is 19.1 Å². The first-order chi connectivity index (χ1) is 23.4. The fourth-order valence-corrected chi connectivity index (χ4v) is 5.86. The number of aliphatic imine (C=N–C) groups is 1. The molecule has 6 N–H and O–H groups in total. The molecule has 1 saturated heterocycles. The highest BCUT2D eigenvalue weighted by Gasteiger charge is 2.55. The van der Waals surface area contributed by atoms with Crippen LogP contribution < -0.4 is 15.7 Å². The van der Waals surface area contributed by atoms with Crippen LogP contribution in [0.2, 0.25) is 0 Å². The molecule has 0 aliphatic carbocycles. The van der Waals surface area contributed by atoms with Crippen molar-refractivity contribution in [1.82, 2.24) is 10.6 Å². The molecule has 6 atom stereocenters. The van der Waals surface area contributed by atoms with Gasteiger partial charge in [0.25, 0.3) is 11.7 Å². The highest BCUT2D eigenvalue weighted by atomic mass is 32.2. The number of benzene rings is 2. The van der Waals surface area contributed by atoms with E-state index in [4.69, 9.17) is 9.47 Å². The van der Waals surface area contributed by atoms with Crippen LogP contribution in [0.25, 0.3) is 11.1 Å². The van der Waals surface area contributed by atoms with E-state index in [0.29, 0.717) is 35.6 Å². The summed E-state index contributed by atoms with van der Waals surface area (Å²) in [6.07, 6.45) is -3.82. The molecule has 1 heterocycles. The summed E-state index contributed by atoms with van der Waals surface area (Å²) in [5.74, 6) is -4.33. The van der Waals surface area contributed by atoms with Crippen LogP contribution >= 0.6 is 11.8 Å². The maximum Gasteiger partial charge on any atom is 0.364 e. The van der Waals surface area contributed by atoms with Gasteiger partial charge in [0.2, 0.25) is 5.91 Å². The second-order valence-electron chi connectivity index (χ2n) is 11.4. The molecule has 14 heteroatoms. The minimum atomic E-state index is -2.40. The Kier molecular flexibility index (Phi) is 15.4. The Morgan fingerprint density at radius 2 is 1.80 bits per heavy atom. The molecule has 1 aliphatic heterocycles. The second kappa shape index (κ2) is 19.2. The Balaban J connectivity index is 1.60. The highest BCUT2D eigenvalue weighted by molar-refractivity contribution is 7.99. The summed E-state index contributed by atoms with van der Waals surface area (Å²) in [7, 11) is 0. The molecule has 266 valence electrons. The molecular formula is C35H44N3O10S-. The third kappa shape index (κ3) is 11.5. The number of hydrogen-bond acceptors (Lipinski definition) is 11. The molecule has 0 radical (unpaired) electrons. The normalized spacial score (nSPS) is 22.5. The Labute approximate surface area is 289 Å². The summed E-state index contributed by atoms with van der Waals surface area (Å²) >= 11 is 1.48. The van der Waals surface area contributed by atoms with Gasteiger partial charge in [-0.3, -0.25) is 14.6 Å². The van der Waals surface area contributed by atoms with Gasteiger partial charge in [0, 0.05) is 37.8 Å². The van der Waals surface area contributed by atoms with Crippen molar-refractivity contribution >= 4 is 35.4 Å². The SMILES string of the molecule is C=C/C=C(\C)C([O-])=NCCSCCCOC1(C(=O)O)CC(O)C(NC(C)=O)C(C(O)C(O)CNC(=O)c2ccc(-c3ccccc3)cc2)O1. The van der Waals surface area contributed by atoms with Gasteiger partial charge >= 0.3 is 5.97 Å². The lowest BCUT2D eigenvalue weighted by atomic mass is 9.88. The maximum atomic E-state index is 12.8. The largest absolute Gasteiger partial charge is 0.859 e. The van der Waals surface area contributed by atoms with Gasteiger partial charge in [-0.05, 0) is 53.8 Å². The zero-order valence-electron chi connectivity index (χ0n) is 27.5. The number of carboxylic acids is 1. The lowest BCUT2D eigenvalue weighted by Gasteiger charge is -2.46. The van der Waals surface area contributed by atoms with Crippen molar-refractivity contribution in [2.45, 2.75) is 62.9 Å². The molecule has 1 aliphatic rings. The van der Waals surface area contributed by atoms with Crippen LogP contribution in [0, 0.1) is 0 Å². The van der Waals surface area contributed by atoms with E-state index in [2.05, 4.69) is 22.2 Å². The molecule has 0 bridgehead atoms. The number of aliphatic carboxylic acids is 1. The fraction of sp³-hybridized carbons (Fsp3) is 0.429. The number of aliphatic hydroxyl groups excluding tert-OH is 3. The Bertz CT molecular complexity index is 1470. The molecule has 2 aromatic carbocycles. The predicted molar refractivity (Wildman–Crippen MR) is 184 cm³/mol. The third-order valence-corrected chi connectivity index (χ3v) is 8.74. The summed E-state index contributed by atoms with van der Waals surface area (Å²) in [5.41, 5.74) is 2.66. The number of carbonyl (C=O) groups is 3. The van der Waals surface area contributed by atoms with E-state index in [1.165, 1.54) is 24.8 Å². The second-order valence-corrected chi connectivity index (χ2v) is 12.7. The predicted octanol–water partition coefficient (Wildman–Crippen LogP) is 1.27. The molecule has 49 heavy (non-hydrogen) atoms. The van der Waals surface area contributed by atoms with Gasteiger partial charge in [0.1, 0.15) is 12.2 Å². The number of allylic oxidation sites excluding steroid dienone is 2. The standard InChI is InChI=1S/C35H45N3O10S/c1-4-9-22(2)32(43)36-16-19-49-18-8-17-47-35(34(45)46)20-27(40)29(38-23(3)39)31(48-35)30(42)28(41)21-37-33(44)26-14-12-25(13-15-26)24-10-6-5-7-11-24/h4-7,9-15,27-31,40-42H,1,8,16-21H2,2-3H3,(H,36,43)(H,37,44)(H,38,39)(H,45,46)/p-1/b22-9+. The van der Waals surface area contributed by atoms with Crippen LogP contribution in [0.3, 0.4) is 0 Å². The zero-order valence-corrected chi connectivity index (χ0v) is 28.3. The number of nitrogens with zero attached hydrogens (tertiary/aromatic N) is 1. The van der Waals surface area contributed by atoms with E-state index < -0.39 is 67.0 Å². The van der Waals surface area contributed by atoms with Crippen molar-refractivity contribution in [2.24, 2.45) is 4.99 Å². The van der Waals surface area contributed by atoms with Crippen LogP contribution in [0.15, 0.2) is 83.9 Å². The number of aliphatic hydroxyl groups is 3. The van der Waals surface area contributed by atoms with Crippen molar-refractivity contribution in [3.63, 3.8) is 0 Å². The average Bonchev–Trinajstić information content (AvgIpc) is 3.09. The molecule has 13 nitrogen and oxygen atoms in total. The summed E-state index contributed by atoms with van der Waals surface area (Å²) in [6, 6.07) is 15.1. The van der Waals surface area contributed by atoms with Gasteiger partial charge in [-0.25, -0.2) is 4.79 Å². The lowest BCUT2D eigenvalue weighted by Crippen LogP contribution is -2.68. The molecule has 2 amide bonds. The number of carboxylic acid groups (broad SMARTS) is 1. The van der Waals surface area contributed by atoms with Crippen molar-refractivity contribution in [2.75, 3.05) is 31.2 Å². The Morgan fingerprint density at radius 1 is 1.12 bits per heavy atom. The summed E-state index contributed by atoms with van der Waals surface area (Å²) in [6.45, 7) is 6.11. The van der Waals surface area contributed by atoms with Gasteiger partial charge in [-0.2, -0.15) is 11.8 Å². The van der Waals surface area contributed by atoms with E-state index in [9.17, 15) is 39.9 Å². The third-order valence-electron chi connectivity index (χ3n) is 7.69. The fourth-order valence-electron chi connectivity index (χ4n) is 5.12. The van der Waals surface area contributed by atoms with E-state index in [1.54, 1.807) is 37.3 Å². The minimum Gasteiger partial charge on any atom is -0.859 e. The molecule has 1 fully saturated rings. The Hall–Kier alpha value is -4.05. The zero-order chi connectivity index (χ0) is 36.0. The van der Waals surface area contributed by atoms with Gasteiger partial charge in [-0.1, -0.05) is 61.2 Å². The average molecular weight is 699 g/mol. The van der Waals surface area contributed by atoms with E-state index in [-0.39, 0.29) is 12.5 Å². The number of rotatable bonds is 18. The topological polar surface area (TPSA) is 210 Å². The van der Waals surface area contributed by atoms with Crippen LogP contribution in [0.1, 0.15) is 37.0 Å². The molecule has 0 saturated carbocycles. The van der Waals surface area contributed by atoms with Crippen molar-refractivity contribution in [3.8, 4) is 11.1 Å². The van der Waals surface area contributed by atoms with Crippen molar-refractivity contribution in [3.05, 3.63) is 84.5 Å². The van der Waals surface area contributed by atoms with Crippen LogP contribution in [-0.4, -0.2) is 112 Å². The minimum absolute atomic E-state index is 0.0986. The molecule has 2 aromatic rings. The van der Waals surface area contributed by atoms with Crippen LogP contribution in [0.5, 0.6) is 0 Å². The lowest BCUT2D eigenvalue weighted by molar-refractivity contribution is -0.310. The smallest absolute Gasteiger partial charge is 0.364 e. The number of thioether (sulfide) groups is 1. The molecule has 6 unspecified atom stereocenters. The van der Waals surface area contributed by atoms with E-state index in [0.717, 1.165) is 11.1 Å². The first kappa shape index (κ1) is 39.4. The van der Waals surface area contributed by atoms with E-state index >= 15 is 0 Å². The molecule has 3 rings (SSSR count). The van der Waals surface area contributed by atoms with Crippen LogP contribution in [0.4, 0.5) is 0 Å². The first-order valence-electron chi connectivity index (χ1n) is 15.8. The van der Waals surface area contributed by atoms with Crippen molar-refractivity contribution in [1.29, 1.82) is 0 Å². The van der Waals surface area contributed by atoms with E-state index in [1.807, 2.05) is 30.3 Å². The van der Waals surface area contributed by atoms with Crippen molar-refractivity contribution < 1.29 is 49.4 Å². The number of ether oxygens (including phenoxy) is 2.